The highest BCUT2D eigenvalue weighted by Crippen LogP contribution is 2.12. The van der Waals surface area contributed by atoms with Crippen LogP contribution in [-0.4, -0.2) is 6.04 Å². The maximum atomic E-state index is 13.3. The first-order valence-corrected chi connectivity index (χ1v) is 7.00. The van der Waals surface area contributed by atoms with Gasteiger partial charge in [-0.15, -0.1) is 11.3 Å². The molecule has 98 valence electrons. The van der Waals surface area contributed by atoms with E-state index in [9.17, 15) is 4.39 Å². The molecule has 0 saturated carbocycles. The first-order valence-electron chi connectivity index (χ1n) is 6.12. The average molecular weight is 274 g/mol. The maximum absolute atomic E-state index is 13.3. The first kappa shape index (κ1) is 13.7. The standard InChI is InChI=1S/C15H15FN2S/c1-11(5-15-3-2-4-19-15)18-10-13-6-12(9-17)7-14(16)8-13/h2-4,6-8,11,18H,5,10H2,1H3. The Labute approximate surface area is 116 Å². The van der Waals surface area contributed by atoms with E-state index in [0.717, 1.165) is 12.0 Å². The molecule has 0 spiro atoms. The molecular formula is C15H15FN2S. The van der Waals surface area contributed by atoms with Gasteiger partial charge in [-0.1, -0.05) is 6.07 Å². The Morgan fingerprint density at radius 3 is 2.95 bits per heavy atom. The van der Waals surface area contributed by atoms with Crippen LogP contribution in [0.15, 0.2) is 35.7 Å². The van der Waals surface area contributed by atoms with Crippen molar-refractivity contribution < 1.29 is 4.39 Å². The van der Waals surface area contributed by atoms with Crippen molar-refractivity contribution in [1.82, 2.24) is 5.32 Å². The molecule has 0 amide bonds. The lowest BCUT2D eigenvalue weighted by molar-refractivity contribution is 0.545. The third kappa shape index (κ3) is 4.16. The monoisotopic (exact) mass is 274 g/mol. The Kier molecular flexibility index (Phi) is 4.67. The van der Waals surface area contributed by atoms with Gasteiger partial charge in [0, 0.05) is 17.5 Å². The number of halogens is 1. The van der Waals surface area contributed by atoms with Gasteiger partial charge in [-0.3, -0.25) is 0 Å². The van der Waals surface area contributed by atoms with E-state index in [1.54, 1.807) is 17.4 Å². The third-order valence-electron chi connectivity index (χ3n) is 2.83. The van der Waals surface area contributed by atoms with Crippen LogP contribution < -0.4 is 5.32 Å². The zero-order chi connectivity index (χ0) is 13.7. The number of nitrogens with one attached hydrogen (secondary N) is 1. The van der Waals surface area contributed by atoms with Crippen molar-refractivity contribution >= 4 is 11.3 Å². The Hall–Kier alpha value is -1.70. The van der Waals surface area contributed by atoms with Crippen molar-refractivity contribution in [2.75, 3.05) is 0 Å². The number of rotatable bonds is 5. The maximum Gasteiger partial charge on any atom is 0.124 e. The van der Waals surface area contributed by atoms with Gasteiger partial charge in [0.25, 0.3) is 0 Å². The van der Waals surface area contributed by atoms with Gasteiger partial charge in [-0.2, -0.15) is 5.26 Å². The Bertz CT molecular complexity index is 572. The zero-order valence-electron chi connectivity index (χ0n) is 10.7. The second kappa shape index (κ2) is 6.46. The molecule has 2 aromatic rings. The summed E-state index contributed by atoms with van der Waals surface area (Å²) in [7, 11) is 0. The minimum atomic E-state index is -0.359. The van der Waals surface area contributed by atoms with Crippen molar-refractivity contribution in [1.29, 1.82) is 5.26 Å². The summed E-state index contributed by atoms with van der Waals surface area (Å²) in [4.78, 5) is 1.33. The van der Waals surface area contributed by atoms with Gasteiger partial charge >= 0.3 is 0 Å². The molecule has 0 aliphatic rings. The molecule has 1 aromatic heterocycles. The molecule has 0 radical (unpaired) electrons. The SMILES string of the molecule is CC(Cc1cccs1)NCc1cc(F)cc(C#N)c1. The van der Waals surface area contributed by atoms with Crippen molar-refractivity contribution in [2.24, 2.45) is 0 Å². The number of nitriles is 1. The van der Waals surface area contributed by atoms with Crippen LogP contribution in [0.1, 0.15) is 22.9 Å². The molecule has 1 N–H and O–H groups in total. The number of hydrogen-bond acceptors (Lipinski definition) is 3. The lowest BCUT2D eigenvalue weighted by atomic mass is 10.1. The summed E-state index contributed by atoms with van der Waals surface area (Å²) in [6.07, 6.45) is 0.956. The van der Waals surface area contributed by atoms with E-state index < -0.39 is 0 Å². The molecule has 2 rings (SSSR count). The Morgan fingerprint density at radius 1 is 1.42 bits per heavy atom. The fourth-order valence-corrected chi connectivity index (χ4v) is 2.75. The highest BCUT2D eigenvalue weighted by molar-refractivity contribution is 7.09. The summed E-state index contributed by atoms with van der Waals surface area (Å²) in [5, 5.41) is 14.2. The van der Waals surface area contributed by atoms with Crippen molar-refractivity contribution in [3.63, 3.8) is 0 Å². The topological polar surface area (TPSA) is 35.8 Å². The quantitative estimate of drug-likeness (QED) is 0.906. The lowest BCUT2D eigenvalue weighted by Gasteiger charge is -2.13. The van der Waals surface area contributed by atoms with Crippen molar-refractivity contribution in [3.05, 3.63) is 57.5 Å². The number of nitrogens with zero attached hydrogens (tertiary/aromatic N) is 1. The van der Waals surface area contributed by atoms with E-state index in [2.05, 4.69) is 23.7 Å². The van der Waals surface area contributed by atoms with Crippen LogP contribution in [0.3, 0.4) is 0 Å². The van der Waals surface area contributed by atoms with Crippen LogP contribution in [0.25, 0.3) is 0 Å². The molecular weight excluding hydrogens is 259 g/mol. The van der Waals surface area contributed by atoms with E-state index in [-0.39, 0.29) is 5.82 Å². The molecule has 2 nitrogen and oxygen atoms in total. The molecule has 0 fully saturated rings. The summed E-state index contributed by atoms with van der Waals surface area (Å²) >= 11 is 1.74. The van der Waals surface area contributed by atoms with E-state index in [0.29, 0.717) is 18.2 Å². The predicted molar refractivity (Wildman–Crippen MR) is 75.4 cm³/mol. The van der Waals surface area contributed by atoms with Crippen LogP contribution in [0, 0.1) is 17.1 Å². The van der Waals surface area contributed by atoms with Gasteiger partial charge < -0.3 is 5.32 Å². The molecule has 0 saturated heterocycles. The fourth-order valence-electron chi connectivity index (χ4n) is 1.91. The average Bonchev–Trinajstić information content (AvgIpc) is 2.88. The molecule has 0 bridgehead atoms. The largest absolute Gasteiger partial charge is 0.310 e. The third-order valence-corrected chi connectivity index (χ3v) is 3.73. The minimum absolute atomic E-state index is 0.312. The van der Waals surface area contributed by atoms with Gasteiger partial charge in [0.05, 0.1) is 11.6 Å². The molecule has 19 heavy (non-hydrogen) atoms. The normalized spacial score (nSPS) is 12.1. The molecule has 1 heterocycles. The summed E-state index contributed by atoms with van der Waals surface area (Å²) in [6, 6.07) is 10.9. The number of hydrogen-bond donors (Lipinski definition) is 1. The molecule has 1 atom stereocenters. The summed E-state index contributed by atoms with van der Waals surface area (Å²) in [5.74, 6) is -0.359. The van der Waals surface area contributed by atoms with Crippen molar-refractivity contribution in [3.8, 4) is 6.07 Å². The number of thiophene rings is 1. The van der Waals surface area contributed by atoms with Crippen molar-refractivity contribution in [2.45, 2.75) is 25.9 Å². The summed E-state index contributed by atoms with van der Waals surface area (Å²) < 4.78 is 13.3. The predicted octanol–water partition coefficient (Wildman–Crippen LogP) is 3.48. The molecule has 1 aromatic carbocycles. The Balaban J connectivity index is 1.91. The van der Waals surface area contributed by atoms with Gasteiger partial charge in [-0.25, -0.2) is 4.39 Å². The van der Waals surface area contributed by atoms with Gasteiger partial charge in [-0.05, 0) is 48.6 Å². The van der Waals surface area contributed by atoms with Gasteiger partial charge in [0.1, 0.15) is 5.82 Å². The number of benzene rings is 1. The van der Waals surface area contributed by atoms with Crippen LogP contribution in [0.2, 0.25) is 0 Å². The Morgan fingerprint density at radius 2 is 2.26 bits per heavy atom. The van der Waals surface area contributed by atoms with E-state index in [1.165, 1.54) is 17.0 Å². The van der Waals surface area contributed by atoms with Gasteiger partial charge in [0.15, 0.2) is 0 Å². The van der Waals surface area contributed by atoms with Crippen LogP contribution in [0.4, 0.5) is 4.39 Å². The highest BCUT2D eigenvalue weighted by Gasteiger charge is 2.05. The zero-order valence-corrected chi connectivity index (χ0v) is 11.5. The minimum Gasteiger partial charge on any atom is -0.310 e. The molecule has 0 aliphatic heterocycles. The smallest absolute Gasteiger partial charge is 0.124 e. The van der Waals surface area contributed by atoms with E-state index in [4.69, 9.17) is 5.26 Å². The summed E-state index contributed by atoms with van der Waals surface area (Å²) in [5.41, 5.74) is 1.16. The second-order valence-corrected chi connectivity index (χ2v) is 5.56. The second-order valence-electron chi connectivity index (χ2n) is 4.53. The molecule has 0 aliphatic carbocycles. The van der Waals surface area contributed by atoms with Crippen LogP contribution >= 0.6 is 11.3 Å². The molecule has 1 unspecified atom stereocenters. The van der Waals surface area contributed by atoms with Crippen LogP contribution in [0.5, 0.6) is 0 Å². The highest BCUT2D eigenvalue weighted by atomic mass is 32.1. The lowest BCUT2D eigenvalue weighted by Crippen LogP contribution is -2.27. The first-order chi connectivity index (χ1) is 9.17. The fraction of sp³-hybridized carbons (Fsp3) is 0.267. The van der Waals surface area contributed by atoms with Gasteiger partial charge in [0.2, 0.25) is 0 Å². The van der Waals surface area contributed by atoms with E-state index >= 15 is 0 Å². The van der Waals surface area contributed by atoms with Crippen LogP contribution in [-0.2, 0) is 13.0 Å². The van der Waals surface area contributed by atoms with E-state index in [1.807, 2.05) is 12.1 Å². The summed E-state index contributed by atoms with van der Waals surface area (Å²) in [6.45, 7) is 2.67. The molecule has 4 heteroatoms.